The lowest BCUT2D eigenvalue weighted by Crippen LogP contribution is -2.39. The standard InChI is InChI=1S/C21H24F3N3O2/c1-4-25-19(27-14-20(3,28)18-12-7-15(2)29-18)26-13-5-6-16-8-10-17(11-9-16)21(22,23)24/h7-12,28H,4,13-14H2,1-3H3,(H2,25,26,27). The van der Waals surface area contributed by atoms with Crippen LogP contribution in [0.4, 0.5) is 13.2 Å². The first kappa shape index (κ1) is 22.4. The molecular weight excluding hydrogens is 383 g/mol. The van der Waals surface area contributed by atoms with E-state index in [9.17, 15) is 18.3 Å². The molecule has 0 aliphatic carbocycles. The van der Waals surface area contributed by atoms with Crippen molar-refractivity contribution in [2.45, 2.75) is 32.5 Å². The number of nitrogens with one attached hydrogen (secondary N) is 2. The summed E-state index contributed by atoms with van der Waals surface area (Å²) in [6, 6.07) is 8.15. The molecule has 0 amide bonds. The lowest BCUT2D eigenvalue weighted by molar-refractivity contribution is -0.137. The van der Waals surface area contributed by atoms with E-state index in [1.165, 1.54) is 12.1 Å². The number of alkyl halides is 3. The predicted octanol–water partition coefficient (Wildman–Crippen LogP) is 3.42. The van der Waals surface area contributed by atoms with Crippen LogP contribution < -0.4 is 10.6 Å². The first-order valence-corrected chi connectivity index (χ1v) is 9.09. The van der Waals surface area contributed by atoms with E-state index >= 15 is 0 Å². The Hall–Kier alpha value is -2.92. The number of aliphatic hydroxyl groups is 1. The van der Waals surface area contributed by atoms with Crippen molar-refractivity contribution in [3.05, 3.63) is 59.0 Å². The molecule has 1 aromatic carbocycles. The van der Waals surface area contributed by atoms with Crippen molar-refractivity contribution in [1.82, 2.24) is 10.6 Å². The summed E-state index contributed by atoms with van der Waals surface area (Å²) in [6.07, 6.45) is -4.36. The average Bonchev–Trinajstić information content (AvgIpc) is 3.10. The molecule has 0 radical (unpaired) electrons. The van der Waals surface area contributed by atoms with Crippen molar-refractivity contribution in [3.8, 4) is 11.8 Å². The number of rotatable bonds is 5. The summed E-state index contributed by atoms with van der Waals surface area (Å²) >= 11 is 0. The zero-order chi connectivity index (χ0) is 21.5. The van der Waals surface area contributed by atoms with Crippen molar-refractivity contribution >= 4 is 5.96 Å². The summed E-state index contributed by atoms with van der Waals surface area (Å²) in [7, 11) is 0. The van der Waals surface area contributed by atoms with Crippen LogP contribution >= 0.6 is 0 Å². The lowest BCUT2D eigenvalue weighted by Gasteiger charge is -2.19. The normalized spacial score (nSPS) is 14.0. The van der Waals surface area contributed by atoms with Crippen LogP contribution in [0.25, 0.3) is 0 Å². The summed E-state index contributed by atoms with van der Waals surface area (Å²) < 4.78 is 43.2. The summed E-state index contributed by atoms with van der Waals surface area (Å²) in [4.78, 5) is 4.35. The van der Waals surface area contributed by atoms with Crippen molar-refractivity contribution in [1.29, 1.82) is 0 Å². The van der Waals surface area contributed by atoms with Crippen molar-refractivity contribution in [2.24, 2.45) is 4.99 Å². The van der Waals surface area contributed by atoms with Gasteiger partial charge in [-0.1, -0.05) is 11.8 Å². The monoisotopic (exact) mass is 407 g/mol. The van der Waals surface area contributed by atoms with Gasteiger partial charge in [-0.05, 0) is 57.2 Å². The van der Waals surface area contributed by atoms with Gasteiger partial charge in [0.05, 0.1) is 18.7 Å². The van der Waals surface area contributed by atoms with E-state index in [2.05, 4.69) is 27.5 Å². The maximum absolute atomic E-state index is 12.6. The molecular formula is C21H24F3N3O2. The van der Waals surface area contributed by atoms with Gasteiger partial charge in [0.2, 0.25) is 0 Å². The molecule has 8 heteroatoms. The van der Waals surface area contributed by atoms with E-state index in [0.717, 1.165) is 12.1 Å². The smallest absolute Gasteiger partial charge is 0.416 e. The minimum absolute atomic E-state index is 0.0711. The third-order valence-electron chi connectivity index (χ3n) is 3.95. The first-order chi connectivity index (χ1) is 13.6. The molecule has 2 rings (SSSR count). The van der Waals surface area contributed by atoms with Crippen LogP contribution in [-0.2, 0) is 11.8 Å². The molecule has 1 heterocycles. The molecule has 0 fully saturated rings. The minimum Gasteiger partial charge on any atom is -0.463 e. The van der Waals surface area contributed by atoms with E-state index in [1.807, 2.05) is 6.92 Å². The van der Waals surface area contributed by atoms with E-state index in [0.29, 0.717) is 29.6 Å². The number of furan rings is 1. The average molecular weight is 407 g/mol. The van der Waals surface area contributed by atoms with E-state index in [1.54, 1.807) is 26.0 Å². The molecule has 0 spiro atoms. The number of nitrogens with zero attached hydrogens (tertiary/aromatic N) is 1. The Morgan fingerprint density at radius 1 is 1.14 bits per heavy atom. The molecule has 0 saturated heterocycles. The van der Waals surface area contributed by atoms with Gasteiger partial charge >= 0.3 is 6.18 Å². The Morgan fingerprint density at radius 3 is 2.38 bits per heavy atom. The number of guanidine groups is 1. The fourth-order valence-corrected chi connectivity index (χ4v) is 2.39. The van der Waals surface area contributed by atoms with Gasteiger partial charge in [-0.25, -0.2) is 4.99 Å². The summed E-state index contributed by atoms with van der Waals surface area (Å²) in [5.41, 5.74) is -1.48. The fourth-order valence-electron chi connectivity index (χ4n) is 2.39. The highest BCUT2D eigenvalue weighted by atomic mass is 19.4. The van der Waals surface area contributed by atoms with Gasteiger partial charge in [-0.15, -0.1) is 0 Å². The van der Waals surface area contributed by atoms with Gasteiger partial charge in [0, 0.05) is 12.1 Å². The Labute approximate surface area is 168 Å². The first-order valence-electron chi connectivity index (χ1n) is 9.09. The van der Waals surface area contributed by atoms with Crippen molar-refractivity contribution in [3.63, 3.8) is 0 Å². The number of hydrogen-bond donors (Lipinski definition) is 3. The zero-order valence-corrected chi connectivity index (χ0v) is 16.5. The third kappa shape index (κ3) is 6.88. The molecule has 156 valence electrons. The second kappa shape index (κ2) is 9.52. The van der Waals surface area contributed by atoms with Gasteiger partial charge in [-0.2, -0.15) is 13.2 Å². The number of benzene rings is 1. The Kier molecular flexibility index (Phi) is 7.35. The quantitative estimate of drug-likeness (QED) is 0.404. The van der Waals surface area contributed by atoms with Crippen molar-refractivity contribution in [2.75, 3.05) is 19.6 Å². The fraction of sp³-hybridized carbons (Fsp3) is 0.381. The minimum atomic E-state index is -4.36. The maximum Gasteiger partial charge on any atom is 0.416 e. The SMILES string of the molecule is CCNC(=NCC(C)(O)c1ccc(C)o1)NCC#Cc1ccc(C(F)(F)F)cc1. The van der Waals surface area contributed by atoms with Crippen LogP contribution in [0.5, 0.6) is 0 Å². The maximum atomic E-state index is 12.6. The molecule has 5 nitrogen and oxygen atoms in total. The van der Waals surface area contributed by atoms with Gasteiger partial charge in [0.1, 0.15) is 17.1 Å². The lowest BCUT2D eigenvalue weighted by atomic mass is 10.0. The highest BCUT2D eigenvalue weighted by molar-refractivity contribution is 5.80. The highest BCUT2D eigenvalue weighted by Crippen LogP contribution is 2.29. The second-order valence-electron chi connectivity index (χ2n) is 6.61. The van der Waals surface area contributed by atoms with Gasteiger partial charge in [0.25, 0.3) is 0 Å². The molecule has 1 unspecified atom stereocenters. The van der Waals surface area contributed by atoms with Gasteiger partial charge < -0.3 is 20.2 Å². The van der Waals surface area contributed by atoms with Crippen LogP contribution in [-0.4, -0.2) is 30.7 Å². The van der Waals surface area contributed by atoms with Crippen LogP contribution in [0.3, 0.4) is 0 Å². The Bertz CT molecular complexity index is 888. The summed E-state index contributed by atoms with van der Waals surface area (Å²) in [5, 5.41) is 16.6. The number of aryl methyl sites for hydroxylation is 1. The molecule has 0 aliphatic rings. The summed E-state index contributed by atoms with van der Waals surface area (Å²) in [5.74, 6) is 7.22. The molecule has 2 aromatic rings. The van der Waals surface area contributed by atoms with Gasteiger partial charge in [-0.3, -0.25) is 0 Å². The molecule has 1 atom stereocenters. The van der Waals surface area contributed by atoms with Crippen LogP contribution in [0, 0.1) is 18.8 Å². The molecule has 3 N–H and O–H groups in total. The number of hydrogen-bond acceptors (Lipinski definition) is 3. The Balaban J connectivity index is 1.96. The van der Waals surface area contributed by atoms with Crippen LogP contribution in [0.15, 0.2) is 45.8 Å². The van der Waals surface area contributed by atoms with Gasteiger partial charge in [0.15, 0.2) is 5.96 Å². The number of aliphatic imine (C=N–C) groups is 1. The molecule has 1 aromatic heterocycles. The topological polar surface area (TPSA) is 69.8 Å². The van der Waals surface area contributed by atoms with Crippen molar-refractivity contribution < 1.29 is 22.7 Å². The summed E-state index contributed by atoms with van der Waals surface area (Å²) in [6.45, 7) is 6.22. The van der Waals surface area contributed by atoms with Crippen LogP contribution in [0.2, 0.25) is 0 Å². The second-order valence-corrected chi connectivity index (χ2v) is 6.61. The third-order valence-corrected chi connectivity index (χ3v) is 3.95. The van der Waals surface area contributed by atoms with E-state index in [-0.39, 0.29) is 13.1 Å². The highest BCUT2D eigenvalue weighted by Gasteiger charge is 2.29. The largest absolute Gasteiger partial charge is 0.463 e. The van der Waals surface area contributed by atoms with E-state index in [4.69, 9.17) is 4.42 Å². The predicted molar refractivity (Wildman–Crippen MR) is 105 cm³/mol. The molecule has 0 saturated carbocycles. The molecule has 0 bridgehead atoms. The van der Waals surface area contributed by atoms with E-state index < -0.39 is 17.3 Å². The Morgan fingerprint density at radius 2 is 1.83 bits per heavy atom. The molecule has 29 heavy (non-hydrogen) atoms. The van der Waals surface area contributed by atoms with Crippen LogP contribution in [0.1, 0.15) is 36.5 Å². The number of halogens is 3. The zero-order valence-electron chi connectivity index (χ0n) is 16.5. The molecule has 0 aliphatic heterocycles.